The standard InChI is InChI=1S/C15H13Br2ClO/c1-9-6-7-13(19-2)11(8-9)14(17)10-4-3-5-12(16)15(10)18/h3-8,14H,1-2H3. The molecule has 0 aliphatic rings. The summed E-state index contributed by atoms with van der Waals surface area (Å²) in [7, 11) is 1.68. The largest absolute Gasteiger partial charge is 0.496 e. The van der Waals surface area contributed by atoms with E-state index in [1.54, 1.807) is 7.11 Å². The van der Waals surface area contributed by atoms with Gasteiger partial charge in [0.2, 0.25) is 0 Å². The van der Waals surface area contributed by atoms with E-state index in [0.717, 1.165) is 21.3 Å². The van der Waals surface area contributed by atoms with Crippen LogP contribution < -0.4 is 4.74 Å². The third kappa shape index (κ3) is 3.15. The summed E-state index contributed by atoms with van der Waals surface area (Å²) < 4.78 is 6.32. The minimum absolute atomic E-state index is 0.00708. The minimum atomic E-state index is -0.00708. The molecule has 0 saturated heterocycles. The molecule has 0 aliphatic carbocycles. The Hall–Kier alpha value is -0.510. The summed E-state index contributed by atoms with van der Waals surface area (Å²) in [6.45, 7) is 2.06. The topological polar surface area (TPSA) is 9.23 Å². The van der Waals surface area contributed by atoms with E-state index >= 15 is 0 Å². The highest BCUT2D eigenvalue weighted by Crippen LogP contribution is 2.41. The maximum atomic E-state index is 6.36. The number of hydrogen-bond acceptors (Lipinski definition) is 1. The molecule has 0 bridgehead atoms. The van der Waals surface area contributed by atoms with E-state index < -0.39 is 0 Å². The third-order valence-electron chi connectivity index (χ3n) is 2.91. The second-order valence-electron chi connectivity index (χ2n) is 4.25. The monoisotopic (exact) mass is 402 g/mol. The Kier molecular flexibility index (Phi) is 4.93. The third-order valence-corrected chi connectivity index (χ3v) is 5.21. The Morgan fingerprint density at radius 1 is 1.16 bits per heavy atom. The molecule has 0 spiro atoms. The Labute approximate surface area is 135 Å². The van der Waals surface area contributed by atoms with Crippen molar-refractivity contribution in [3.8, 4) is 5.75 Å². The van der Waals surface area contributed by atoms with Crippen molar-refractivity contribution in [1.29, 1.82) is 0 Å². The molecule has 0 radical (unpaired) electrons. The van der Waals surface area contributed by atoms with Crippen molar-refractivity contribution in [2.24, 2.45) is 0 Å². The van der Waals surface area contributed by atoms with Gasteiger partial charge in [0.25, 0.3) is 0 Å². The van der Waals surface area contributed by atoms with Crippen molar-refractivity contribution in [3.63, 3.8) is 0 Å². The molecule has 0 heterocycles. The molecular weight excluding hydrogens is 391 g/mol. The Morgan fingerprint density at radius 2 is 1.89 bits per heavy atom. The summed E-state index contributed by atoms with van der Waals surface area (Å²) in [4.78, 5) is -0.00708. The lowest BCUT2D eigenvalue weighted by Crippen LogP contribution is -1.98. The summed E-state index contributed by atoms with van der Waals surface area (Å²) >= 11 is 13.5. The first-order chi connectivity index (χ1) is 9.04. The van der Waals surface area contributed by atoms with Crippen LogP contribution in [0.15, 0.2) is 40.9 Å². The van der Waals surface area contributed by atoms with Gasteiger partial charge < -0.3 is 4.74 Å². The van der Waals surface area contributed by atoms with Gasteiger partial charge in [0, 0.05) is 10.0 Å². The molecule has 2 rings (SSSR count). The van der Waals surface area contributed by atoms with Crippen molar-refractivity contribution >= 4 is 43.5 Å². The molecule has 2 aromatic carbocycles. The second-order valence-corrected chi connectivity index (χ2v) is 6.40. The molecule has 1 unspecified atom stereocenters. The Morgan fingerprint density at radius 3 is 2.58 bits per heavy atom. The molecule has 1 nitrogen and oxygen atoms in total. The average molecular weight is 405 g/mol. The quantitative estimate of drug-likeness (QED) is 0.579. The zero-order chi connectivity index (χ0) is 14.0. The van der Waals surface area contributed by atoms with Gasteiger partial charge in [0.15, 0.2) is 0 Å². The molecule has 1 atom stereocenters. The Bertz CT molecular complexity index is 599. The number of ether oxygens (including phenoxy) is 1. The number of halogens is 3. The van der Waals surface area contributed by atoms with Gasteiger partial charge in [-0.1, -0.05) is 57.4 Å². The van der Waals surface area contributed by atoms with Gasteiger partial charge in [-0.25, -0.2) is 0 Å². The highest BCUT2D eigenvalue weighted by atomic mass is 79.9. The first-order valence-electron chi connectivity index (χ1n) is 5.77. The molecule has 0 aliphatic heterocycles. The second kappa shape index (κ2) is 6.29. The molecule has 0 saturated carbocycles. The summed E-state index contributed by atoms with van der Waals surface area (Å²) in [6.07, 6.45) is 0. The van der Waals surface area contributed by atoms with Gasteiger partial charge in [-0.05, 0) is 40.5 Å². The lowest BCUT2D eigenvalue weighted by Gasteiger charge is -2.17. The van der Waals surface area contributed by atoms with E-state index in [2.05, 4.69) is 44.8 Å². The predicted molar refractivity (Wildman–Crippen MR) is 87.7 cm³/mol. The zero-order valence-corrected chi connectivity index (χ0v) is 14.5. The number of alkyl halides is 1. The zero-order valence-electron chi connectivity index (χ0n) is 10.6. The van der Waals surface area contributed by atoms with Gasteiger partial charge in [-0.2, -0.15) is 0 Å². The molecule has 0 aromatic heterocycles. The Balaban J connectivity index is 2.52. The fourth-order valence-corrected chi connectivity index (χ4v) is 3.42. The number of methoxy groups -OCH3 is 1. The van der Waals surface area contributed by atoms with Crippen LogP contribution in [0.25, 0.3) is 0 Å². The van der Waals surface area contributed by atoms with E-state index in [-0.39, 0.29) is 4.83 Å². The smallest absolute Gasteiger partial charge is 0.123 e. The van der Waals surface area contributed by atoms with Gasteiger partial charge in [0.05, 0.1) is 17.0 Å². The molecule has 100 valence electrons. The van der Waals surface area contributed by atoms with Crippen LogP contribution in [0.4, 0.5) is 0 Å². The first-order valence-corrected chi connectivity index (χ1v) is 7.85. The van der Waals surface area contributed by atoms with Gasteiger partial charge in [-0.3, -0.25) is 0 Å². The lowest BCUT2D eigenvalue weighted by atomic mass is 10.0. The number of rotatable bonds is 3. The highest BCUT2D eigenvalue weighted by Gasteiger charge is 2.19. The van der Waals surface area contributed by atoms with Gasteiger partial charge in [0.1, 0.15) is 5.75 Å². The van der Waals surface area contributed by atoms with E-state index in [0.29, 0.717) is 5.02 Å². The van der Waals surface area contributed by atoms with Crippen molar-refractivity contribution in [1.82, 2.24) is 0 Å². The van der Waals surface area contributed by atoms with Crippen LogP contribution in [0, 0.1) is 6.92 Å². The van der Waals surface area contributed by atoms with Crippen LogP contribution in [-0.4, -0.2) is 7.11 Å². The average Bonchev–Trinajstić information content (AvgIpc) is 2.41. The molecule has 19 heavy (non-hydrogen) atoms. The number of benzene rings is 2. The van der Waals surface area contributed by atoms with Crippen LogP contribution in [0.1, 0.15) is 21.5 Å². The van der Waals surface area contributed by atoms with Crippen molar-refractivity contribution < 1.29 is 4.74 Å². The molecule has 0 fully saturated rings. The molecule has 2 aromatic rings. The van der Waals surface area contributed by atoms with Gasteiger partial charge >= 0.3 is 0 Å². The number of aryl methyl sites for hydroxylation is 1. The SMILES string of the molecule is COc1ccc(C)cc1C(Br)c1cccc(Br)c1Cl. The van der Waals surface area contributed by atoms with E-state index in [4.69, 9.17) is 16.3 Å². The van der Waals surface area contributed by atoms with E-state index in [1.807, 2.05) is 30.3 Å². The van der Waals surface area contributed by atoms with Crippen molar-refractivity contribution in [3.05, 3.63) is 62.6 Å². The maximum absolute atomic E-state index is 6.36. The van der Waals surface area contributed by atoms with E-state index in [1.165, 1.54) is 5.56 Å². The van der Waals surface area contributed by atoms with Crippen LogP contribution >= 0.6 is 43.5 Å². The predicted octanol–water partition coefficient (Wildman–Crippen LogP) is 5.90. The summed E-state index contributed by atoms with van der Waals surface area (Å²) in [5.74, 6) is 0.850. The van der Waals surface area contributed by atoms with E-state index in [9.17, 15) is 0 Å². The summed E-state index contributed by atoms with van der Waals surface area (Å²) in [5.41, 5.74) is 3.27. The summed E-state index contributed by atoms with van der Waals surface area (Å²) in [5, 5.41) is 0.716. The van der Waals surface area contributed by atoms with Crippen LogP contribution in [0.5, 0.6) is 5.75 Å². The molecule has 0 N–H and O–H groups in total. The van der Waals surface area contributed by atoms with Crippen LogP contribution in [0.3, 0.4) is 0 Å². The summed E-state index contributed by atoms with van der Waals surface area (Å²) in [6, 6.07) is 12.0. The van der Waals surface area contributed by atoms with Crippen molar-refractivity contribution in [2.75, 3.05) is 7.11 Å². The lowest BCUT2D eigenvalue weighted by molar-refractivity contribution is 0.410. The normalized spacial score (nSPS) is 12.3. The maximum Gasteiger partial charge on any atom is 0.123 e. The van der Waals surface area contributed by atoms with Gasteiger partial charge in [-0.15, -0.1) is 0 Å². The fourth-order valence-electron chi connectivity index (χ4n) is 1.94. The first kappa shape index (κ1) is 14.9. The fraction of sp³-hybridized carbons (Fsp3) is 0.200. The molecule has 0 amide bonds. The van der Waals surface area contributed by atoms with Crippen LogP contribution in [0.2, 0.25) is 5.02 Å². The van der Waals surface area contributed by atoms with Crippen LogP contribution in [-0.2, 0) is 0 Å². The minimum Gasteiger partial charge on any atom is -0.496 e. The highest BCUT2D eigenvalue weighted by molar-refractivity contribution is 9.10. The van der Waals surface area contributed by atoms with Crippen molar-refractivity contribution in [2.45, 2.75) is 11.8 Å². The molecular formula is C15H13Br2ClO. The number of hydrogen-bond donors (Lipinski definition) is 0. The molecule has 4 heteroatoms.